The van der Waals surface area contributed by atoms with Crippen LogP contribution in [-0.4, -0.2) is 31.2 Å². The molecule has 0 aliphatic heterocycles. The van der Waals surface area contributed by atoms with Crippen molar-refractivity contribution in [1.82, 2.24) is 10.3 Å². The number of aromatic amines is 1. The van der Waals surface area contributed by atoms with E-state index in [9.17, 15) is 9.18 Å². The van der Waals surface area contributed by atoms with Crippen LogP contribution >= 0.6 is 0 Å². The van der Waals surface area contributed by atoms with Gasteiger partial charge in [0, 0.05) is 43.1 Å². The van der Waals surface area contributed by atoms with Gasteiger partial charge in [0.05, 0.1) is 6.61 Å². The third kappa shape index (κ3) is 4.37. The fraction of sp³-hybridized carbons (Fsp3) is 0.318. The molecule has 1 unspecified atom stereocenters. The number of carbonyl (C=O) groups excluding carboxylic acids is 1. The molecule has 0 spiro atoms. The second kappa shape index (κ2) is 8.82. The van der Waals surface area contributed by atoms with Crippen molar-refractivity contribution in [2.24, 2.45) is 0 Å². The SMILES string of the molecule is CCc1cccc2c(C(CC(=O)NCCOC)c3cccc(F)c3)c[nH]c12. The topological polar surface area (TPSA) is 54.1 Å². The molecule has 0 fully saturated rings. The van der Waals surface area contributed by atoms with E-state index in [0.29, 0.717) is 13.2 Å². The van der Waals surface area contributed by atoms with Crippen LogP contribution < -0.4 is 5.32 Å². The maximum Gasteiger partial charge on any atom is 0.221 e. The van der Waals surface area contributed by atoms with Crippen LogP contribution in [0.15, 0.2) is 48.7 Å². The summed E-state index contributed by atoms with van der Waals surface area (Å²) in [6, 6.07) is 12.7. The van der Waals surface area contributed by atoms with Gasteiger partial charge >= 0.3 is 0 Å². The third-order valence-corrected chi connectivity index (χ3v) is 4.86. The van der Waals surface area contributed by atoms with E-state index < -0.39 is 0 Å². The summed E-state index contributed by atoms with van der Waals surface area (Å²) in [5.41, 5.74) is 4.10. The number of aromatic nitrogens is 1. The Kier molecular flexibility index (Phi) is 6.24. The molecule has 0 aliphatic rings. The number of fused-ring (bicyclic) bond motifs is 1. The fourth-order valence-electron chi connectivity index (χ4n) is 3.50. The number of carbonyl (C=O) groups is 1. The van der Waals surface area contributed by atoms with Gasteiger partial charge in [-0.05, 0) is 35.2 Å². The summed E-state index contributed by atoms with van der Waals surface area (Å²) in [6.07, 6.45) is 3.11. The van der Waals surface area contributed by atoms with Gasteiger partial charge in [-0.3, -0.25) is 4.79 Å². The van der Waals surface area contributed by atoms with Crippen molar-refractivity contribution in [2.75, 3.05) is 20.3 Å². The molecule has 5 heteroatoms. The standard InChI is InChI=1S/C22H25FN2O2/c1-3-15-6-5-9-18-20(14-25-22(15)18)19(13-21(26)24-10-11-27-2)16-7-4-8-17(23)12-16/h4-9,12,14,19,25H,3,10-11,13H2,1-2H3,(H,24,26). The maximum absolute atomic E-state index is 13.9. The zero-order valence-corrected chi connectivity index (χ0v) is 15.7. The molecule has 3 aromatic rings. The number of rotatable bonds is 8. The summed E-state index contributed by atoms with van der Waals surface area (Å²) in [6.45, 7) is 3.03. The quantitative estimate of drug-likeness (QED) is 0.587. The summed E-state index contributed by atoms with van der Waals surface area (Å²) in [4.78, 5) is 15.8. The molecule has 4 nitrogen and oxygen atoms in total. The van der Waals surface area contributed by atoms with Crippen LogP contribution in [0.2, 0.25) is 0 Å². The summed E-state index contributed by atoms with van der Waals surface area (Å²) in [5.74, 6) is -0.613. The number of para-hydroxylation sites is 1. The monoisotopic (exact) mass is 368 g/mol. The van der Waals surface area contributed by atoms with E-state index in [2.05, 4.69) is 29.4 Å². The number of ether oxygens (including phenoxy) is 1. The van der Waals surface area contributed by atoms with E-state index in [1.807, 2.05) is 18.3 Å². The summed E-state index contributed by atoms with van der Waals surface area (Å²) < 4.78 is 18.8. The van der Waals surface area contributed by atoms with Gasteiger partial charge in [0.15, 0.2) is 0 Å². The smallest absolute Gasteiger partial charge is 0.221 e. The van der Waals surface area contributed by atoms with Crippen LogP contribution in [0.1, 0.15) is 36.0 Å². The van der Waals surface area contributed by atoms with E-state index in [-0.39, 0.29) is 24.1 Å². The highest BCUT2D eigenvalue weighted by Gasteiger charge is 2.22. The predicted molar refractivity (Wildman–Crippen MR) is 105 cm³/mol. The van der Waals surface area contributed by atoms with Gasteiger partial charge in [-0.1, -0.05) is 37.3 Å². The summed E-state index contributed by atoms with van der Waals surface area (Å²) in [7, 11) is 1.60. The second-order valence-electron chi connectivity index (χ2n) is 6.59. The number of nitrogens with one attached hydrogen (secondary N) is 2. The van der Waals surface area contributed by atoms with Gasteiger partial charge in [-0.15, -0.1) is 0 Å². The van der Waals surface area contributed by atoms with Gasteiger partial charge in [0.2, 0.25) is 5.91 Å². The highest BCUT2D eigenvalue weighted by molar-refractivity contribution is 5.88. The van der Waals surface area contributed by atoms with Gasteiger partial charge in [0.1, 0.15) is 5.82 Å². The number of hydrogen-bond donors (Lipinski definition) is 2. The van der Waals surface area contributed by atoms with E-state index in [1.165, 1.54) is 17.7 Å². The lowest BCUT2D eigenvalue weighted by molar-refractivity contribution is -0.121. The molecule has 1 amide bonds. The Labute approximate surface area is 158 Å². The fourth-order valence-corrected chi connectivity index (χ4v) is 3.50. The Bertz CT molecular complexity index is 920. The minimum Gasteiger partial charge on any atom is -0.383 e. The van der Waals surface area contributed by atoms with Crippen LogP contribution in [0.25, 0.3) is 10.9 Å². The minimum atomic E-state index is -0.300. The Morgan fingerprint density at radius 3 is 2.81 bits per heavy atom. The van der Waals surface area contributed by atoms with Gasteiger partial charge in [-0.25, -0.2) is 4.39 Å². The Morgan fingerprint density at radius 1 is 1.26 bits per heavy atom. The molecule has 1 atom stereocenters. The largest absolute Gasteiger partial charge is 0.383 e. The van der Waals surface area contributed by atoms with Crippen molar-refractivity contribution in [3.05, 3.63) is 71.2 Å². The average Bonchev–Trinajstić information content (AvgIpc) is 3.10. The number of aryl methyl sites for hydroxylation is 1. The zero-order valence-electron chi connectivity index (χ0n) is 15.7. The molecule has 0 aliphatic carbocycles. The number of methoxy groups -OCH3 is 1. The van der Waals surface area contributed by atoms with Gasteiger partial charge < -0.3 is 15.0 Å². The lowest BCUT2D eigenvalue weighted by Gasteiger charge is -2.17. The number of H-pyrrole nitrogens is 1. The average molecular weight is 368 g/mol. The van der Waals surface area contributed by atoms with Crippen LogP contribution in [0.5, 0.6) is 0 Å². The molecule has 2 aromatic carbocycles. The lowest BCUT2D eigenvalue weighted by Crippen LogP contribution is -2.28. The predicted octanol–water partition coefficient (Wildman–Crippen LogP) is 4.15. The molecular weight excluding hydrogens is 343 g/mol. The molecule has 3 rings (SSSR count). The number of halogens is 1. The third-order valence-electron chi connectivity index (χ3n) is 4.86. The normalized spacial score (nSPS) is 12.3. The first-order valence-corrected chi connectivity index (χ1v) is 9.24. The van der Waals surface area contributed by atoms with Crippen molar-refractivity contribution in [3.8, 4) is 0 Å². The van der Waals surface area contributed by atoms with Gasteiger partial charge in [0.25, 0.3) is 0 Å². The molecule has 142 valence electrons. The van der Waals surface area contributed by atoms with E-state index >= 15 is 0 Å². The molecule has 1 aromatic heterocycles. The minimum absolute atomic E-state index is 0.0812. The van der Waals surface area contributed by atoms with Crippen molar-refractivity contribution < 1.29 is 13.9 Å². The molecule has 27 heavy (non-hydrogen) atoms. The van der Waals surface area contributed by atoms with Crippen molar-refractivity contribution in [2.45, 2.75) is 25.7 Å². The zero-order chi connectivity index (χ0) is 19.2. The highest BCUT2D eigenvalue weighted by atomic mass is 19.1. The molecule has 1 heterocycles. The molecule has 0 saturated carbocycles. The van der Waals surface area contributed by atoms with E-state index in [4.69, 9.17) is 4.74 Å². The highest BCUT2D eigenvalue weighted by Crippen LogP contribution is 2.34. The Hall–Kier alpha value is -2.66. The first-order valence-electron chi connectivity index (χ1n) is 9.24. The van der Waals surface area contributed by atoms with Crippen molar-refractivity contribution >= 4 is 16.8 Å². The lowest BCUT2D eigenvalue weighted by atomic mass is 9.87. The Morgan fingerprint density at radius 2 is 2.07 bits per heavy atom. The van der Waals surface area contributed by atoms with Crippen molar-refractivity contribution in [1.29, 1.82) is 0 Å². The summed E-state index contributed by atoms with van der Waals surface area (Å²) in [5, 5.41) is 3.94. The van der Waals surface area contributed by atoms with E-state index in [1.54, 1.807) is 13.2 Å². The maximum atomic E-state index is 13.9. The van der Waals surface area contributed by atoms with Gasteiger partial charge in [-0.2, -0.15) is 0 Å². The van der Waals surface area contributed by atoms with Crippen LogP contribution in [0, 0.1) is 5.82 Å². The molecule has 2 N–H and O–H groups in total. The second-order valence-corrected chi connectivity index (χ2v) is 6.59. The van der Waals surface area contributed by atoms with E-state index in [0.717, 1.165) is 28.5 Å². The van der Waals surface area contributed by atoms with Crippen molar-refractivity contribution in [3.63, 3.8) is 0 Å². The Balaban J connectivity index is 1.98. The molecule has 0 bridgehead atoms. The molecule has 0 radical (unpaired) electrons. The molecule has 0 saturated heterocycles. The number of hydrogen-bond acceptors (Lipinski definition) is 2. The number of amides is 1. The summed E-state index contributed by atoms with van der Waals surface area (Å²) >= 11 is 0. The number of benzene rings is 2. The first-order chi connectivity index (χ1) is 13.1. The van der Waals surface area contributed by atoms with Crippen LogP contribution in [-0.2, 0) is 16.0 Å². The molecular formula is C22H25FN2O2. The first kappa shape index (κ1) is 19.1. The van der Waals surface area contributed by atoms with Crippen LogP contribution in [0.3, 0.4) is 0 Å². The van der Waals surface area contributed by atoms with Crippen LogP contribution in [0.4, 0.5) is 4.39 Å².